The predicted molar refractivity (Wildman–Crippen MR) is 82.8 cm³/mol. The average Bonchev–Trinajstić information content (AvgIpc) is 2.84. The Labute approximate surface area is 132 Å². The maximum Gasteiger partial charge on any atom is 0.244 e. The first-order valence-corrected chi connectivity index (χ1v) is 8.51. The Hall–Kier alpha value is -1.38. The molecule has 0 aliphatic carbocycles. The molecular weight excluding hydrogens is 358 g/mol. The number of aromatic nitrogens is 2. The Balaban J connectivity index is 2.09. The van der Waals surface area contributed by atoms with Gasteiger partial charge in [0.25, 0.3) is 0 Å². The molecule has 2 rings (SSSR count). The van der Waals surface area contributed by atoms with Gasteiger partial charge in [-0.05, 0) is 30.2 Å². The van der Waals surface area contributed by atoms with Crippen LogP contribution in [0.5, 0.6) is 5.75 Å². The number of benzene rings is 1. The number of sulfonamides is 1. The molecule has 0 saturated carbocycles. The van der Waals surface area contributed by atoms with Crippen molar-refractivity contribution in [3.63, 3.8) is 0 Å². The van der Waals surface area contributed by atoms with E-state index in [9.17, 15) is 8.42 Å². The van der Waals surface area contributed by atoms with Crippen LogP contribution in [-0.2, 0) is 23.5 Å². The molecule has 0 aliphatic rings. The Bertz CT molecular complexity index is 728. The third-order valence-electron chi connectivity index (χ3n) is 2.88. The molecule has 0 amide bonds. The second kappa shape index (κ2) is 6.59. The summed E-state index contributed by atoms with van der Waals surface area (Å²) in [5.74, 6) is 0.312. The van der Waals surface area contributed by atoms with Crippen molar-refractivity contribution in [1.29, 1.82) is 0 Å². The van der Waals surface area contributed by atoms with Crippen molar-refractivity contribution in [2.24, 2.45) is 7.05 Å². The molecule has 6 nitrogen and oxygen atoms in total. The van der Waals surface area contributed by atoms with Crippen LogP contribution in [0.1, 0.15) is 5.56 Å². The van der Waals surface area contributed by atoms with Crippen molar-refractivity contribution in [2.45, 2.75) is 11.3 Å². The van der Waals surface area contributed by atoms with Gasteiger partial charge in [0.15, 0.2) is 0 Å². The molecule has 1 aromatic heterocycles. The van der Waals surface area contributed by atoms with Crippen molar-refractivity contribution in [3.8, 4) is 5.75 Å². The van der Waals surface area contributed by atoms with E-state index in [1.54, 1.807) is 23.0 Å². The van der Waals surface area contributed by atoms with E-state index < -0.39 is 10.0 Å². The monoisotopic (exact) mass is 373 g/mol. The number of nitrogens with zero attached hydrogens (tertiary/aromatic N) is 2. The lowest BCUT2D eigenvalue weighted by molar-refractivity contribution is 0.402. The highest BCUT2D eigenvalue weighted by Gasteiger charge is 2.19. The van der Waals surface area contributed by atoms with Gasteiger partial charge in [0, 0.05) is 24.3 Å². The molecule has 0 unspecified atom stereocenters. The molecule has 114 valence electrons. The molecule has 0 spiro atoms. The zero-order valence-electron chi connectivity index (χ0n) is 11.7. The second-order valence-corrected chi connectivity index (χ2v) is 7.12. The first-order chi connectivity index (χ1) is 9.92. The lowest BCUT2D eigenvalue weighted by atomic mass is 10.3. The minimum absolute atomic E-state index is 0.116. The summed E-state index contributed by atoms with van der Waals surface area (Å²) in [7, 11) is -0.359. The number of hydrogen-bond donors (Lipinski definition) is 1. The zero-order chi connectivity index (χ0) is 15.5. The van der Waals surface area contributed by atoms with E-state index in [4.69, 9.17) is 4.74 Å². The Kier molecular flexibility index (Phi) is 5.02. The number of nitrogens with one attached hydrogen (secondary N) is 1. The van der Waals surface area contributed by atoms with E-state index in [-0.39, 0.29) is 4.90 Å². The molecule has 0 aliphatic heterocycles. The van der Waals surface area contributed by atoms with Gasteiger partial charge in [-0.2, -0.15) is 5.10 Å². The maximum atomic E-state index is 12.3. The highest BCUT2D eigenvalue weighted by atomic mass is 79.9. The van der Waals surface area contributed by atoms with Crippen LogP contribution < -0.4 is 9.46 Å². The Morgan fingerprint density at radius 1 is 1.43 bits per heavy atom. The molecule has 1 heterocycles. The molecule has 0 fully saturated rings. The normalized spacial score (nSPS) is 11.6. The summed E-state index contributed by atoms with van der Waals surface area (Å²) in [6, 6.07) is 4.86. The van der Waals surface area contributed by atoms with Gasteiger partial charge >= 0.3 is 0 Å². The van der Waals surface area contributed by atoms with Gasteiger partial charge in [-0.1, -0.05) is 15.9 Å². The third-order valence-corrected chi connectivity index (χ3v) is 4.85. The number of aryl methyl sites for hydroxylation is 1. The molecule has 0 atom stereocenters. The molecule has 0 saturated heterocycles. The number of hydrogen-bond acceptors (Lipinski definition) is 4. The van der Waals surface area contributed by atoms with Gasteiger partial charge in [0.05, 0.1) is 13.3 Å². The quantitative estimate of drug-likeness (QED) is 0.836. The third kappa shape index (κ3) is 4.05. The van der Waals surface area contributed by atoms with Gasteiger partial charge in [-0.25, -0.2) is 13.1 Å². The second-order valence-electron chi connectivity index (χ2n) is 4.47. The predicted octanol–water partition coefficient (Wildman–Crippen LogP) is 1.71. The van der Waals surface area contributed by atoms with E-state index in [2.05, 4.69) is 25.8 Å². The Morgan fingerprint density at radius 3 is 2.81 bits per heavy atom. The number of halogens is 1. The van der Waals surface area contributed by atoms with Crippen LogP contribution in [0.4, 0.5) is 0 Å². The fraction of sp³-hybridized carbons (Fsp3) is 0.308. The van der Waals surface area contributed by atoms with Crippen LogP contribution in [0, 0.1) is 0 Å². The lowest BCUT2D eigenvalue weighted by Gasteiger charge is -2.10. The Morgan fingerprint density at radius 2 is 2.19 bits per heavy atom. The fourth-order valence-electron chi connectivity index (χ4n) is 1.87. The highest BCUT2D eigenvalue weighted by molar-refractivity contribution is 9.10. The summed E-state index contributed by atoms with van der Waals surface area (Å²) in [5.41, 5.74) is 0.974. The molecular formula is C13H16BrN3O3S. The van der Waals surface area contributed by atoms with Gasteiger partial charge < -0.3 is 4.74 Å². The van der Waals surface area contributed by atoms with Crippen molar-refractivity contribution in [3.05, 3.63) is 40.6 Å². The number of methoxy groups -OCH3 is 1. The minimum atomic E-state index is -3.62. The smallest absolute Gasteiger partial charge is 0.244 e. The van der Waals surface area contributed by atoms with E-state index >= 15 is 0 Å². The number of rotatable bonds is 6. The molecule has 21 heavy (non-hydrogen) atoms. The van der Waals surface area contributed by atoms with Gasteiger partial charge in [0.1, 0.15) is 10.6 Å². The summed E-state index contributed by atoms with van der Waals surface area (Å²) < 4.78 is 34.7. The van der Waals surface area contributed by atoms with E-state index in [0.717, 1.165) is 5.56 Å². The van der Waals surface area contributed by atoms with E-state index in [1.807, 2.05) is 13.2 Å². The van der Waals surface area contributed by atoms with Crippen LogP contribution in [0.15, 0.2) is 40.0 Å². The van der Waals surface area contributed by atoms with E-state index in [1.165, 1.54) is 13.2 Å². The summed E-state index contributed by atoms with van der Waals surface area (Å²) >= 11 is 3.27. The van der Waals surface area contributed by atoms with Crippen LogP contribution >= 0.6 is 15.9 Å². The molecule has 2 aromatic rings. The minimum Gasteiger partial charge on any atom is -0.495 e. The van der Waals surface area contributed by atoms with Crippen molar-refractivity contribution < 1.29 is 13.2 Å². The van der Waals surface area contributed by atoms with Crippen LogP contribution in [-0.4, -0.2) is 31.9 Å². The molecule has 1 aromatic carbocycles. The maximum absolute atomic E-state index is 12.3. The summed E-state index contributed by atoms with van der Waals surface area (Å²) in [4.78, 5) is 0.116. The lowest BCUT2D eigenvalue weighted by Crippen LogP contribution is -2.26. The molecule has 1 N–H and O–H groups in total. The average molecular weight is 374 g/mol. The topological polar surface area (TPSA) is 73.2 Å². The highest BCUT2D eigenvalue weighted by Crippen LogP contribution is 2.26. The SMILES string of the molecule is COc1ccc(Br)cc1S(=O)(=O)NCCc1cnn(C)c1. The van der Waals surface area contributed by atoms with Crippen LogP contribution in [0.25, 0.3) is 0 Å². The molecule has 0 radical (unpaired) electrons. The standard InChI is InChI=1S/C13H16BrN3O3S/c1-17-9-10(8-15-17)5-6-16-21(18,19)13-7-11(14)3-4-12(13)20-2/h3-4,7-9,16H,5-6H2,1-2H3. The van der Waals surface area contributed by atoms with E-state index in [0.29, 0.717) is 23.2 Å². The molecule has 8 heteroatoms. The van der Waals surface area contributed by atoms with Gasteiger partial charge in [0.2, 0.25) is 10.0 Å². The molecule has 0 bridgehead atoms. The first-order valence-electron chi connectivity index (χ1n) is 6.23. The van der Waals surface area contributed by atoms with Crippen LogP contribution in [0.3, 0.4) is 0 Å². The summed E-state index contributed by atoms with van der Waals surface area (Å²) in [5, 5.41) is 4.04. The van der Waals surface area contributed by atoms with Gasteiger partial charge in [-0.15, -0.1) is 0 Å². The fourth-order valence-corrected chi connectivity index (χ4v) is 3.61. The summed E-state index contributed by atoms with van der Waals surface area (Å²) in [6.45, 7) is 0.295. The zero-order valence-corrected chi connectivity index (χ0v) is 14.1. The van der Waals surface area contributed by atoms with Crippen molar-refractivity contribution in [1.82, 2.24) is 14.5 Å². The number of ether oxygens (including phenoxy) is 1. The first kappa shape index (κ1) is 16.0. The van der Waals surface area contributed by atoms with Crippen molar-refractivity contribution >= 4 is 26.0 Å². The van der Waals surface area contributed by atoms with Crippen molar-refractivity contribution in [2.75, 3.05) is 13.7 Å². The summed E-state index contributed by atoms with van der Waals surface area (Å²) in [6.07, 6.45) is 4.14. The van der Waals surface area contributed by atoms with Gasteiger partial charge in [-0.3, -0.25) is 4.68 Å². The van der Waals surface area contributed by atoms with Crippen LogP contribution in [0.2, 0.25) is 0 Å². The largest absolute Gasteiger partial charge is 0.495 e.